The number of carboxylic acids is 1. The van der Waals surface area contributed by atoms with Crippen LogP contribution in [0.3, 0.4) is 0 Å². The standard InChI is InChI=1S/C8H13NO4/c1-6(8(10)11)4-3-5-7(2)9(12)13/h6H,2-5H2,1H3,(H,10,11). The summed E-state index contributed by atoms with van der Waals surface area (Å²) in [6.45, 7) is 4.83. The SMILES string of the molecule is C=C(CCCC(C)C(=O)O)[N+](=O)[O-]. The lowest BCUT2D eigenvalue weighted by Crippen LogP contribution is -2.09. The lowest BCUT2D eigenvalue weighted by Gasteiger charge is -2.03. The Bertz CT molecular complexity index is 224. The Kier molecular flexibility index (Phi) is 4.72. The van der Waals surface area contributed by atoms with E-state index in [0.717, 1.165) is 0 Å². The van der Waals surface area contributed by atoms with Crippen LogP contribution in [0.2, 0.25) is 0 Å². The largest absolute Gasteiger partial charge is 0.481 e. The Balaban J connectivity index is 3.62. The third-order valence-corrected chi connectivity index (χ3v) is 1.78. The minimum absolute atomic E-state index is 0.0578. The smallest absolute Gasteiger partial charge is 0.306 e. The number of rotatable bonds is 6. The fraction of sp³-hybridized carbons (Fsp3) is 0.625. The van der Waals surface area contributed by atoms with E-state index in [1.54, 1.807) is 6.92 Å². The molecule has 1 unspecified atom stereocenters. The highest BCUT2D eigenvalue weighted by Crippen LogP contribution is 2.11. The molecule has 0 radical (unpaired) electrons. The third kappa shape index (κ3) is 4.95. The highest BCUT2D eigenvalue weighted by Gasteiger charge is 2.12. The van der Waals surface area contributed by atoms with Crippen LogP contribution < -0.4 is 0 Å². The number of aliphatic carboxylic acids is 1. The molecule has 1 atom stereocenters. The van der Waals surface area contributed by atoms with Gasteiger partial charge in [-0.3, -0.25) is 14.9 Å². The minimum Gasteiger partial charge on any atom is -0.481 e. The summed E-state index contributed by atoms with van der Waals surface area (Å²) in [6.07, 6.45) is 1.19. The average molecular weight is 187 g/mol. The molecule has 74 valence electrons. The number of hydrogen-bond acceptors (Lipinski definition) is 3. The molecule has 0 aliphatic rings. The summed E-state index contributed by atoms with van der Waals surface area (Å²) in [5.41, 5.74) is -0.0578. The Morgan fingerprint density at radius 1 is 1.69 bits per heavy atom. The van der Waals surface area contributed by atoms with Crippen molar-refractivity contribution in [3.63, 3.8) is 0 Å². The van der Waals surface area contributed by atoms with Crippen molar-refractivity contribution < 1.29 is 14.8 Å². The number of nitro groups is 1. The van der Waals surface area contributed by atoms with Gasteiger partial charge in [0.15, 0.2) is 0 Å². The van der Waals surface area contributed by atoms with E-state index in [0.29, 0.717) is 12.8 Å². The van der Waals surface area contributed by atoms with Gasteiger partial charge < -0.3 is 5.11 Å². The summed E-state index contributed by atoms with van der Waals surface area (Å²) in [6, 6.07) is 0. The molecule has 0 bridgehead atoms. The molecule has 0 aromatic carbocycles. The highest BCUT2D eigenvalue weighted by molar-refractivity contribution is 5.69. The molecule has 5 heteroatoms. The maximum Gasteiger partial charge on any atom is 0.306 e. The highest BCUT2D eigenvalue weighted by atomic mass is 16.6. The normalized spacial score (nSPS) is 12.1. The molecule has 0 fully saturated rings. The molecule has 13 heavy (non-hydrogen) atoms. The zero-order valence-electron chi connectivity index (χ0n) is 7.52. The van der Waals surface area contributed by atoms with Crippen LogP contribution in [0.1, 0.15) is 26.2 Å². The molecule has 0 amide bonds. The summed E-state index contributed by atoms with van der Waals surface area (Å²) in [5.74, 6) is -1.31. The summed E-state index contributed by atoms with van der Waals surface area (Å²) in [4.78, 5) is 19.9. The van der Waals surface area contributed by atoms with Crippen LogP contribution in [-0.4, -0.2) is 16.0 Å². The molecule has 0 saturated heterocycles. The number of hydrogen-bond donors (Lipinski definition) is 1. The fourth-order valence-electron chi connectivity index (χ4n) is 0.827. The van der Waals surface area contributed by atoms with E-state index >= 15 is 0 Å². The lowest BCUT2D eigenvalue weighted by atomic mass is 10.0. The summed E-state index contributed by atoms with van der Waals surface area (Å²) in [5, 5.41) is 18.6. The van der Waals surface area contributed by atoms with E-state index in [1.807, 2.05) is 0 Å². The van der Waals surface area contributed by atoms with Crippen molar-refractivity contribution in [2.45, 2.75) is 26.2 Å². The zero-order valence-corrected chi connectivity index (χ0v) is 7.52. The molecule has 1 N–H and O–H groups in total. The van der Waals surface area contributed by atoms with Crippen molar-refractivity contribution in [2.75, 3.05) is 0 Å². The molecule has 0 aliphatic heterocycles. The van der Waals surface area contributed by atoms with E-state index in [9.17, 15) is 14.9 Å². The topological polar surface area (TPSA) is 80.4 Å². The van der Waals surface area contributed by atoms with Crippen molar-refractivity contribution in [1.82, 2.24) is 0 Å². The first kappa shape index (κ1) is 11.6. The minimum atomic E-state index is -0.869. The second-order valence-corrected chi connectivity index (χ2v) is 2.95. The Labute approximate surface area is 76.2 Å². The van der Waals surface area contributed by atoms with Crippen LogP contribution in [0.5, 0.6) is 0 Å². The van der Waals surface area contributed by atoms with Gasteiger partial charge >= 0.3 is 5.97 Å². The molecule has 5 nitrogen and oxygen atoms in total. The third-order valence-electron chi connectivity index (χ3n) is 1.78. The Hall–Kier alpha value is -1.39. The molecular formula is C8H13NO4. The number of allylic oxidation sites excluding steroid dienone is 1. The summed E-state index contributed by atoms with van der Waals surface area (Å²) >= 11 is 0. The van der Waals surface area contributed by atoms with Crippen LogP contribution >= 0.6 is 0 Å². The van der Waals surface area contributed by atoms with E-state index < -0.39 is 16.8 Å². The van der Waals surface area contributed by atoms with E-state index in [4.69, 9.17) is 5.11 Å². The van der Waals surface area contributed by atoms with Crippen LogP contribution in [0.15, 0.2) is 12.3 Å². The zero-order chi connectivity index (χ0) is 10.4. The van der Waals surface area contributed by atoms with Crippen LogP contribution in [0.4, 0.5) is 0 Å². The van der Waals surface area contributed by atoms with Gasteiger partial charge in [0.2, 0.25) is 5.70 Å². The van der Waals surface area contributed by atoms with Gasteiger partial charge in [-0.15, -0.1) is 0 Å². The Morgan fingerprint density at radius 2 is 2.23 bits per heavy atom. The fourth-order valence-corrected chi connectivity index (χ4v) is 0.827. The second kappa shape index (κ2) is 5.29. The monoisotopic (exact) mass is 187 g/mol. The molecule has 0 spiro atoms. The van der Waals surface area contributed by atoms with E-state index in [1.165, 1.54) is 0 Å². The van der Waals surface area contributed by atoms with Crippen molar-refractivity contribution >= 4 is 5.97 Å². The summed E-state index contributed by atoms with van der Waals surface area (Å²) in [7, 11) is 0. The van der Waals surface area contributed by atoms with Crippen LogP contribution in [-0.2, 0) is 4.79 Å². The van der Waals surface area contributed by atoms with Gasteiger partial charge in [0, 0.05) is 6.42 Å². The number of carboxylic acid groups (broad SMARTS) is 1. The van der Waals surface area contributed by atoms with E-state index in [-0.39, 0.29) is 12.1 Å². The number of nitrogens with zero attached hydrogens (tertiary/aromatic N) is 1. The van der Waals surface area contributed by atoms with Gasteiger partial charge in [-0.25, -0.2) is 0 Å². The predicted molar refractivity (Wildman–Crippen MR) is 46.8 cm³/mol. The van der Waals surface area contributed by atoms with Crippen LogP contribution in [0.25, 0.3) is 0 Å². The van der Waals surface area contributed by atoms with Gasteiger partial charge in [0.25, 0.3) is 0 Å². The van der Waals surface area contributed by atoms with E-state index in [2.05, 4.69) is 6.58 Å². The first-order chi connectivity index (χ1) is 5.95. The van der Waals surface area contributed by atoms with Crippen molar-refractivity contribution in [2.24, 2.45) is 5.92 Å². The maximum atomic E-state index is 10.4. The molecule has 0 aromatic heterocycles. The molecule has 0 rings (SSSR count). The predicted octanol–water partition coefficient (Wildman–Crippen LogP) is 1.67. The Morgan fingerprint density at radius 3 is 2.62 bits per heavy atom. The second-order valence-electron chi connectivity index (χ2n) is 2.95. The van der Waals surface area contributed by atoms with Crippen LogP contribution in [0, 0.1) is 16.0 Å². The van der Waals surface area contributed by atoms with Gasteiger partial charge in [0.05, 0.1) is 10.8 Å². The average Bonchev–Trinajstić information content (AvgIpc) is 2.03. The molecule has 0 aromatic rings. The van der Waals surface area contributed by atoms with Gasteiger partial charge in [-0.1, -0.05) is 6.92 Å². The summed E-state index contributed by atoms with van der Waals surface area (Å²) < 4.78 is 0. The van der Waals surface area contributed by atoms with Gasteiger partial charge in [0.1, 0.15) is 0 Å². The van der Waals surface area contributed by atoms with Crippen molar-refractivity contribution in [3.8, 4) is 0 Å². The maximum absolute atomic E-state index is 10.4. The molecule has 0 heterocycles. The van der Waals surface area contributed by atoms with Crippen molar-refractivity contribution in [3.05, 3.63) is 22.4 Å². The van der Waals surface area contributed by atoms with Gasteiger partial charge in [-0.2, -0.15) is 0 Å². The van der Waals surface area contributed by atoms with Crippen molar-refractivity contribution in [1.29, 1.82) is 0 Å². The quantitative estimate of drug-likeness (QED) is 0.506. The lowest BCUT2D eigenvalue weighted by molar-refractivity contribution is -0.427. The van der Waals surface area contributed by atoms with Gasteiger partial charge in [-0.05, 0) is 19.4 Å². The molecule has 0 saturated carbocycles. The number of carbonyl (C=O) groups is 1. The molecular weight excluding hydrogens is 174 g/mol. The molecule has 0 aliphatic carbocycles. The first-order valence-electron chi connectivity index (χ1n) is 4.00. The first-order valence-corrected chi connectivity index (χ1v) is 4.00.